The molecule has 1 fully saturated rings. The molecule has 4 heterocycles. The second kappa shape index (κ2) is 8.34. The van der Waals surface area contributed by atoms with Gasteiger partial charge in [-0.3, -0.25) is 9.78 Å². The lowest BCUT2D eigenvalue weighted by Crippen LogP contribution is -2.40. The van der Waals surface area contributed by atoms with Crippen LogP contribution in [0.3, 0.4) is 0 Å². The first-order chi connectivity index (χ1) is 15.2. The van der Waals surface area contributed by atoms with Gasteiger partial charge in [0.05, 0.1) is 12.1 Å². The zero-order valence-electron chi connectivity index (χ0n) is 17.5. The van der Waals surface area contributed by atoms with E-state index in [2.05, 4.69) is 9.97 Å². The summed E-state index contributed by atoms with van der Waals surface area (Å²) in [6.07, 6.45) is 7.75. The molecule has 158 valence electrons. The molecule has 1 unspecified atom stereocenters. The number of aryl methyl sites for hydroxylation is 1. The van der Waals surface area contributed by atoms with Gasteiger partial charge in [-0.15, -0.1) is 0 Å². The van der Waals surface area contributed by atoms with Gasteiger partial charge in [-0.2, -0.15) is 0 Å². The highest BCUT2D eigenvalue weighted by atomic mass is 16.7. The Balaban J connectivity index is 1.35. The van der Waals surface area contributed by atoms with E-state index in [0.717, 1.165) is 53.3 Å². The van der Waals surface area contributed by atoms with Crippen LogP contribution in [0.1, 0.15) is 35.8 Å². The van der Waals surface area contributed by atoms with E-state index in [9.17, 15) is 4.79 Å². The van der Waals surface area contributed by atoms with E-state index >= 15 is 0 Å². The fourth-order valence-electron chi connectivity index (χ4n) is 4.32. The fourth-order valence-corrected chi connectivity index (χ4v) is 4.32. The topological polar surface area (TPSA) is 77.4 Å². The van der Waals surface area contributed by atoms with Crippen molar-refractivity contribution >= 4 is 5.91 Å². The summed E-state index contributed by atoms with van der Waals surface area (Å²) in [4.78, 5) is 28.4. The lowest BCUT2D eigenvalue weighted by atomic mass is 9.90. The molecule has 0 bridgehead atoms. The SMILES string of the molecule is Cc1ncc(-c2ccncc2)c(C2CCCN(C(=O)Cc3ccc4c(c3)OCO4)C2)n1. The summed E-state index contributed by atoms with van der Waals surface area (Å²) in [7, 11) is 0. The molecule has 3 aromatic rings. The number of pyridine rings is 1. The molecule has 1 saturated heterocycles. The molecule has 5 rings (SSSR count). The number of carbonyl (C=O) groups excluding carboxylic acids is 1. The van der Waals surface area contributed by atoms with Crippen LogP contribution in [0.4, 0.5) is 0 Å². The lowest BCUT2D eigenvalue weighted by molar-refractivity contribution is -0.131. The molecule has 2 aliphatic heterocycles. The van der Waals surface area contributed by atoms with E-state index in [4.69, 9.17) is 14.5 Å². The molecule has 2 aromatic heterocycles. The van der Waals surface area contributed by atoms with E-state index in [-0.39, 0.29) is 18.6 Å². The minimum Gasteiger partial charge on any atom is -0.454 e. The third-order valence-corrected chi connectivity index (χ3v) is 5.88. The Hall–Kier alpha value is -3.48. The molecule has 0 saturated carbocycles. The molecule has 2 aliphatic rings. The predicted octanol–water partition coefficient (Wildman–Crippen LogP) is 3.52. The third-order valence-electron chi connectivity index (χ3n) is 5.88. The maximum atomic E-state index is 13.1. The summed E-state index contributed by atoms with van der Waals surface area (Å²) in [5.74, 6) is 2.49. The average molecular weight is 416 g/mol. The van der Waals surface area contributed by atoms with Crippen LogP contribution >= 0.6 is 0 Å². The first kappa shape index (κ1) is 19.5. The Morgan fingerprint density at radius 1 is 1.16 bits per heavy atom. The molecule has 7 heteroatoms. The van der Waals surface area contributed by atoms with Gasteiger partial charge >= 0.3 is 0 Å². The molecule has 0 N–H and O–H groups in total. The van der Waals surface area contributed by atoms with Crippen LogP contribution in [0.5, 0.6) is 11.5 Å². The Labute approximate surface area is 181 Å². The highest BCUT2D eigenvalue weighted by molar-refractivity contribution is 5.79. The molecular weight excluding hydrogens is 392 g/mol. The predicted molar refractivity (Wildman–Crippen MR) is 115 cm³/mol. The maximum Gasteiger partial charge on any atom is 0.231 e. The van der Waals surface area contributed by atoms with Crippen LogP contribution in [0, 0.1) is 6.92 Å². The second-order valence-corrected chi connectivity index (χ2v) is 8.00. The Morgan fingerprint density at radius 2 is 2.00 bits per heavy atom. The highest BCUT2D eigenvalue weighted by Crippen LogP contribution is 2.34. The summed E-state index contributed by atoms with van der Waals surface area (Å²) in [6.45, 7) is 3.58. The fraction of sp³-hybridized carbons (Fsp3) is 0.333. The van der Waals surface area contributed by atoms with Gasteiger partial charge in [0, 0.05) is 43.2 Å². The van der Waals surface area contributed by atoms with E-state index in [1.54, 1.807) is 12.4 Å². The minimum absolute atomic E-state index is 0.125. The first-order valence-electron chi connectivity index (χ1n) is 10.6. The van der Waals surface area contributed by atoms with Crippen molar-refractivity contribution in [3.8, 4) is 22.6 Å². The van der Waals surface area contributed by atoms with Crippen LogP contribution in [-0.4, -0.2) is 45.6 Å². The standard InChI is InChI=1S/C24H24N4O3/c1-16-26-13-20(18-6-8-25-9-7-18)24(27-16)19-3-2-10-28(14-19)23(29)12-17-4-5-21-22(11-17)31-15-30-21/h4-9,11,13,19H,2-3,10,12,14-15H2,1H3. The van der Waals surface area contributed by atoms with Crippen molar-refractivity contribution in [1.82, 2.24) is 19.9 Å². The monoisotopic (exact) mass is 416 g/mol. The van der Waals surface area contributed by atoms with Crippen molar-refractivity contribution in [1.29, 1.82) is 0 Å². The van der Waals surface area contributed by atoms with Crippen LogP contribution in [0.15, 0.2) is 48.9 Å². The van der Waals surface area contributed by atoms with Gasteiger partial charge in [0.25, 0.3) is 0 Å². The number of likely N-dealkylation sites (tertiary alicyclic amines) is 1. The number of hydrogen-bond donors (Lipinski definition) is 0. The number of rotatable bonds is 4. The Kier molecular flexibility index (Phi) is 5.24. The normalized spacial score (nSPS) is 17.6. The molecule has 0 radical (unpaired) electrons. The minimum atomic E-state index is 0.125. The number of fused-ring (bicyclic) bond motifs is 1. The van der Waals surface area contributed by atoms with Gasteiger partial charge in [0.15, 0.2) is 11.5 Å². The largest absolute Gasteiger partial charge is 0.454 e. The molecule has 7 nitrogen and oxygen atoms in total. The molecule has 31 heavy (non-hydrogen) atoms. The van der Waals surface area contributed by atoms with Gasteiger partial charge in [0.2, 0.25) is 12.7 Å². The number of piperidine rings is 1. The summed E-state index contributed by atoms with van der Waals surface area (Å²) in [5.41, 5.74) is 4.02. The van der Waals surface area contributed by atoms with Crippen molar-refractivity contribution < 1.29 is 14.3 Å². The summed E-state index contributed by atoms with van der Waals surface area (Å²) in [6, 6.07) is 9.65. The van der Waals surface area contributed by atoms with E-state index < -0.39 is 0 Å². The zero-order valence-corrected chi connectivity index (χ0v) is 17.5. The quantitative estimate of drug-likeness (QED) is 0.648. The molecular formula is C24H24N4O3. The number of benzene rings is 1. The molecule has 0 spiro atoms. The average Bonchev–Trinajstić information content (AvgIpc) is 3.27. The van der Waals surface area contributed by atoms with Gasteiger partial charge in [-0.1, -0.05) is 6.07 Å². The van der Waals surface area contributed by atoms with Gasteiger partial charge in [-0.05, 0) is 55.2 Å². The number of hydrogen-bond acceptors (Lipinski definition) is 6. The van der Waals surface area contributed by atoms with Crippen molar-refractivity contribution in [2.24, 2.45) is 0 Å². The number of ether oxygens (including phenoxy) is 2. The number of aromatic nitrogens is 3. The molecule has 1 atom stereocenters. The van der Waals surface area contributed by atoms with Crippen molar-refractivity contribution in [3.63, 3.8) is 0 Å². The van der Waals surface area contributed by atoms with Crippen molar-refractivity contribution in [2.45, 2.75) is 32.1 Å². The van der Waals surface area contributed by atoms with E-state index in [1.807, 2.05) is 48.4 Å². The second-order valence-electron chi connectivity index (χ2n) is 8.00. The van der Waals surface area contributed by atoms with Crippen LogP contribution in [0.2, 0.25) is 0 Å². The molecule has 1 amide bonds. The zero-order chi connectivity index (χ0) is 21.2. The van der Waals surface area contributed by atoms with E-state index in [0.29, 0.717) is 18.7 Å². The van der Waals surface area contributed by atoms with Crippen molar-refractivity contribution in [3.05, 3.63) is 66.0 Å². The van der Waals surface area contributed by atoms with Gasteiger partial charge < -0.3 is 14.4 Å². The molecule has 0 aliphatic carbocycles. The third kappa shape index (κ3) is 4.08. The Morgan fingerprint density at radius 3 is 2.87 bits per heavy atom. The maximum absolute atomic E-state index is 13.1. The van der Waals surface area contributed by atoms with Crippen molar-refractivity contribution in [2.75, 3.05) is 19.9 Å². The number of carbonyl (C=O) groups is 1. The lowest BCUT2D eigenvalue weighted by Gasteiger charge is -2.33. The summed E-state index contributed by atoms with van der Waals surface area (Å²) < 4.78 is 10.8. The van der Waals surface area contributed by atoms with E-state index in [1.165, 1.54) is 0 Å². The smallest absolute Gasteiger partial charge is 0.231 e. The van der Waals surface area contributed by atoms with Crippen LogP contribution < -0.4 is 9.47 Å². The summed E-state index contributed by atoms with van der Waals surface area (Å²) >= 11 is 0. The highest BCUT2D eigenvalue weighted by Gasteiger charge is 2.28. The van der Waals surface area contributed by atoms with Crippen LogP contribution in [0.25, 0.3) is 11.1 Å². The first-order valence-corrected chi connectivity index (χ1v) is 10.6. The summed E-state index contributed by atoms with van der Waals surface area (Å²) in [5, 5.41) is 0. The van der Waals surface area contributed by atoms with Gasteiger partial charge in [-0.25, -0.2) is 9.97 Å². The number of amides is 1. The molecule has 1 aromatic carbocycles. The van der Waals surface area contributed by atoms with Crippen LogP contribution in [-0.2, 0) is 11.2 Å². The van der Waals surface area contributed by atoms with Gasteiger partial charge in [0.1, 0.15) is 5.82 Å². The Bertz CT molecular complexity index is 1100. The number of nitrogens with zero attached hydrogens (tertiary/aromatic N) is 4.